The van der Waals surface area contributed by atoms with Gasteiger partial charge in [0, 0.05) is 13.0 Å². The van der Waals surface area contributed by atoms with Crippen molar-refractivity contribution in [3.8, 4) is 0 Å². The topological polar surface area (TPSA) is 320 Å². The zero-order chi connectivity index (χ0) is 45.2. The van der Waals surface area contributed by atoms with Crippen molar-refractivity contribution in [1.82, 2.24) is 37.4 Å². The number of aliphatic hydroxyl groups is 1. The summed E-state index contributed by atoms with van der Waals surface area (Å²) in [5, 5.41) is 41.4. The van der Waals surface area contributed by atoms with Gasteiger partial charge in [-0.05, 0) is 37.3 Å². The van der Waals surface area contributed by atoms with Crippen molar-refractivity contribution in [3.63, 3.8) is 0 Å². The molecular formula is C40H53N7O14. The summed E-state index contributed by atoms with van der Waals surface area (Å²) >= 11 is 0. The van der Waals surface area contributed by atoms with Crippen LogP contribution in [0.15, 0.2) is 60.7 Å². The number of carbonyl (C=O) groups is 9. The monoisotopic (exact) mass is 855 g/mol. The average molecular weight is 856 g/mol. The molecule has 10 N–H and O–H groups in total. The Morgan fingerprint density at radius 2 is 1.28 bits per heavy atom. The van der Waals surface area contributed by atoms with Crippen molar-refractivity contribution in [2.24, 2.45) is 5.92 Å². The summed E-state index contributed by atoms with van der Waals surface area (Å²) in [5.74, 6) is -9.34. The van der Waals surface area contributed by atoms with E-state index in [1.165, 1.54) is 0 Å². The highest BCUT2D eigenvalue weighted by atomic mass is 16.6. The molecule has 1 aliphatic heterocycles. The van der Waals surface area contributed by atoms with Crippen molar-refractivity contribution >= 4 is 53.4 Å². The number of aliphatic carboxylic acids is 2. The number of epoxide rings is 1. The van der Waals surface area contributed by atoms with Gasteiger partial charge in [0.25, 0.3) is 11.8 Å². The number of hydrogen-bond acceptors (Lipinski definition) is 13. The summed E-state index contributed by atoms with van der Waals surface area (Å²) in [6.07, 6.45) is -6.83. The number of alkyl carbamates (subject to hydrolysis) is 1. The van der Waals surface area contributed by atoms with Crippen molar-refractivity contribution in [2.45, 2.75) is 115 Å². The highest BCUT2D eigenvalue weighted by Crippen LogP contribution is 2.24. The molecule has 332 valence electrons. The van der Waals surface area contributed by atoms with Crippen LogP contribution in [0, 0.1) is 5.92 Å². The Morgan fingerprint density at radius 1 is 0.689 bits per heavy atom. The lowest BCUT2D eigenvalue weighted by Gasteiger charge is -2.28. The summed E-state index contributed by atoms with van der Waals surface area (Å²) < 4.78 is 10.4. The number of ketones is 1. The predicted molar refractivity (Wildman–Crippen MR) is 212 cm³/mol. The first-order chi connectivity index (χ1) is 28.9. The Morgan fingerprint density at radius 3 is 1.85 bits per heavy atom. The maximum absolute atomic E-state index is 13.5. The average Bonchev–Trinajstić information content (AvgIpc) is 4.04. The van der Waals surface area contributed by atoms with Crippen LogP contribution in [0.25, 0.3) is 0 Å². The van der Waals surface area contributed by atoms with Gasteiger partial charge in [0.1, 0.15) is 30.8 Å². The van der Waals surface area contributed by atoms with Gasteiger partial charge < -0.3 is 51.4 Å². The summed E-state index contributed by atoms with van der Waals surface area (Å²) in [5.41, 5.74) is 5.58. The number of ether oxygens (including phenoxy) is 2. The number of Topliss-reactive ketones (excluding diaryl/α,β-unsaturated/α-hetero) is 1. The van der Waals surface area contributed by atoms with Crippen molar-refractivity contribution in [2.75, 3.05) is 0 Å². The number of hydrazine groups is 1. The molecule has 1 heterocycles. The summed E-state index contributed by atoms with van der Waals surface area (Å²) in [7, 11) is 0. The molecule has 0 bridgehead atoms. The Balaban J connectivity index is 1.62. The van der Waals surface area contributed by atoms with Crippen LogP contribution in [0.3, 0.4) is 0 Å². The van der Waals surface area contributed by atoms with Gasteiger partial charge in [-0.3, -0.25) is 49.2 Å². The second-order valence-corrected chi connectivity index (χ2v) is 14.4. The van der Waals surface area contributed by atoms with Crippen molar-refractivity contribution < 1.29 is 67.9 Å². The van der Waals surface area contributed by atoms with Crippen LogP contribution in [0.5, 0.6) is 0 Å². The highest BCUT2D eigenvalue weighted by molar-refractivity contribution is 6.00. The van der Waals surface area contributed by atoms with E-state index in [9.17, 15) is 58.5 Å². The van der Waals surface area contributed by atoms with E-state index in [0.717, 1.165) is 12.5 Å². The van der Waals surface area contributed by atoms with Crippen LogP contribution >= 0.6 is 0 Å². The van der Waals surface area contributed by atoms with Crippen LogP contribution in [-0.4, -0.2) is 117 Å². The third kappa shape index (κ3) is 16.3. The van der Waals surface area contributed by atoms with Crippen LogP contribution < -0.4 is 37.4 Å². The van der Waals surface area contributed by atoms with E-state index >= 15 is 0 Å². The van der Waals surface area contributed by atoms with E-state index in [0.29, 0.717) is 18.5 Å². The number of benzene rings is 2. The number of hydrogen-bond donors (Lipinski definition) is 10. The lowest BCUT2D eigenvalue weighted by molar-refractivity contribution is -0.142. The molecule has 21 heteroatoms. The molecule has 3 unspecified atom stereocenters. The van der Waals surface area contributed by atoms with Crippen LogP contribution in [0.2, 0.25) is 0 Å². The van der Waals surface area contributed by atoms with Crippen molar-refractivity contribution in [1.29, 1.82) is 0 Å². The highest BCUT2D eigenvalue weighted by Gasteiger charge is 2.51. The normalized spacial score (nSPS) is 17.6. The number of carboxylic acid groups (broad SMARTS) is 2. The minimum Gasteiger partial charge on any atom is -0.481 e. The Hall–Kier alpha value is -6.45. The summed E-state index contributed by atoms with van der Waals surface area (Å²) in [6, 6.07) is 10.6. The Kier molecular flexibility index (Phi) is 19.2. The first-order valence-corrected chi connectivity index (χ1v) is 19.5. The fourth-order valence-electron chi connectivity index (χ4n) is 5.72. The first kappa shape index (κ1) is 48.9. The van der Waals surface area contributed by atoms with Gasteiger partial charge in [-0.2, -0.15) is 0 Å². The Bertz CT molecular complexity index is 1870. The van der Waals surface area contributed by atoms with E-state index in [4.69, 9.17) is 9.47 Å². The zero-order valence-corrected chi connectivity index (χ0v) is 34.0. The second-order valence-electron chi connectivity index (χ2n) is 14.4. The molecular weight excluding hydrogens is 802 g/mol. The second kappa shape index (κ2) is 24.0. The fourth-order valence-corrected chi connectivity index (χ4v) is 5.72. The van der Waals surface area contributed by atoms with E-state index in [1.807, 2.05) is 41.2 Å². The van der Waals surface area contributed by atoms with Gasteiger partial charge in [0.2, 0.25) is 17.7 Å². The summed E-state index contributed by atoms with van der Waals surface area (Å²) in [6.45, 7) is 6.32. The predicted octanol–water partition coefficient (Wildman–Crippen LogP) is -0.836. The van der Waals surface area contributed by atoms with Gasteiger partial charge in [-0.25, -0.2) is 4.79 Å². The van der Waals surface area contributed by atoms with E-state index in [-0.39, 0.29) is 6.61 Å². The number of carbonyl (C=O) groups excluding carboxylic acids is 7. The molecule has 61 heavy (non-hydrogen) atoms. The third-order valence-corrected chi connectivity index (χ3v) is 9.56. The maximum Gasteiger partial charge on any atom is 0.408 e. The number of aliphatic hydroxyl groups excluding tert-OH is 1. The number of amides is 6. The molecule has 1 saturated heterocycles. The van der Waals surface area contributed by atoms with Crippen molar-refractivity contribution in [3.05, 3.63) is 71.8 Å². The molecule has 0 aliphatic carbocycles. The van der Waals surface area contributed by atoms with E-state index in [1.54, 1.807) is 51.1 Å². The van der Waals surface area contributed by atoms with Gasteiger partial charge in [-0.15, -0.1) is 0 Å². The third-order valence-electron chi connectivity index (χ3n) is 9.56. The SMILES string of the molecule is CC[C@H](C)[C@H](NC(=O)OCc1ccccc1)C(=O)N[C@@H](CCC(=O)O)C(=O)N[C@H](C(=O)N[C@@H](CC(=O)O)C(=O)NNC(=O)C1OC1C(=O)C(C)NCc1ccccc1)[C@@H](C)O. The molecule has 0 spiro atoms. The molecule has 9 atom stereocenters. The number of carboxylic acids is 2. The maximum atomic E-state index is 13.5. The Labute approximate surface area is 351 Å². The molecule has 0 radical (unpaired) electrons. The van der Waals surface area contributed by atoms with Gasteiger partial charge >= 0.3 is 18.0 Å². The first-order valence-electron chi connectivity index (χ1n) is 19.5. The molecule has 1 fully saturated rings. The molecule has 1 aliphatic rings. The van der Waals surface area contributed by atoms with Gasteiger partial charge in [0.15, 0.2) is 18.0 Å². The van der Waals surface area contributed by atoms with E-state index in [2.05, 4.69) is 26.6 Å². The standard InChI is InChI=1S/C40H53N7O14/c1-5-21(2)30(45-40(59)60-20-25-14-10-7-11-15-25)37(56)42-26(16-17-28(49)50)35(54)44-31(23(4)48)38(57)43-27(18-29(51)52)36(55)46-47-39(58)34-33(61-34)32(53)22(3)41-19-24-12-8-6-9-13-24/h6-15,21-23,26-27,30-31,33-34,41,48H,5,16-20H2,1-4H3,(H,42,56)(H,43,57)(H,44,54)(H,45,59)(H,46,55)(H,47,58)(H,49,50)(H,51,52)/t21-,22?,23+,26-,27-,30-,31-,33?,34?/m0/s1. The minimum atomic E-state index is -1.89. The van der Waals surface area contributed by atoms with E-state index < -0.39 is 127 Å². The molecule has 3 rings (SSSR count). The number of nitrogens with one attached hydrogen (secondary N) is 7. The quantitative estimate of drug-likeness (QED) is 0.0455. The fraction of sp³-hybridized carbons (Fsp3) is 0.475. The molecule has 2 aromatic carbocycles. The molecule has 0 aromatic heterocycles. The van der Waals surface area contributed by atoms with Gasteiger partial charge in [0.05, 0.1) is 18.6 Å². The minimum absolute atomic E-state index is 0.108. The molecule has 21 nitrogen and oxygen atoms in total. The lowest BCUT2D eigenvalue weighted by atomic mass is 9.97. The zero-order valence-electron chi connectivity index (χ0n) is 34.0. The largest absolute Gasteiger partial charge is 0.481 e. The molecule has 2 aromatic rings. The molecule has 6 amide bonds. The number of rotatable bonds is 24. The summed E-state index contributed by atoms with van der Waals surface area (Å²) in [4.78, 5) is 115. The van der Waals surface area contributed by atoms with Crippen LogP contribution in [-0.2, 0) is 61.0 Å². The lowest BCUT2D eigenvalue weighted by Crippen LogP contribution is -2.61. The molecule has 0 saturated carbocycles. The smallest absolute Gasteiger partial charge is 0.408 e. The van der Waals surface area contributed by atoms with Crippen LogP contribution in [0.1, 0.15) is 64.5 Å². The van der Waals surface area contributed by atoms with Gasteiger partial charge in [-0.1, -0.05) is 80.9 Å². The van der Waals surface area contributed by atoms with Crippen LogP contribution in [0.4, 0.5) is 4.79 Å².